The summed E-state index contributed by atoms with van der Waals surface area (Å²) < 4.78 is 8.42. The van der Waals surface area contributed by atoms with Crippen LogP contribution >= 0.6 is 0 Å². The van der Waals surface area contributed by atoms with Gasteiger partial charge in [-0.15, -0.1) is 0 Å². The minimum Gasteiger partial charge on any atom is -0.453 e. The second-order valence-corrected chi connectivity index (χ2v) is 9.50. The zero-order chi connectivity index (χ0) is 11.0. The van der Waals surface area contributed by atoms with Crippen molar-refractivity contribution in [3.8, 4) is 0 Å². The predicted molar refractivity (Wildman–Crippen MR) is 69.9 cm³/mol. The van der Waals surface area contributed by atoms with Crippen LogP contribution in [0.1, 0.15) is 39.5 Å². The van der Waals surface area contributed by atoms with Gasteiger partial charge in [0.2, 0.25) is 0 Å². The highest BCUT2D eigenvalue weighted by atomic mass is 28.4. The second kappa shape index (κ2) is 7.62. The van der Waals surface area contributed by atoms with E-state index in [4.69, 9.17) is 4.12 Å². The van der Waals surface area contributed by atoms with Gasteiger partial charge in [0.05, 0.1) is 0 Å². The Bertz CT molecular complexity index is 134. The first-order chi connectivity index (χ1) is 6.58. The summed E-state index contributed by atoms with van der Waals surface area (Å²) in [5.41, 5.74) is 0. The molecule has 0 amide bonds. The van der Waals surface area contributed by atoms with Gasteiger partial charge in [0.25, 0.3) is 8.48 Å². The van der Waals surface area contributed by atoms with E-state index in [1.165, 1.54) is 38.8 Å². The van der Waals surface area contributed by atoms with Gasteiger partial charge in [-0.05, 0) is 39.0 Å². The summed E-state index contributed by atoms with van der Waals surface area (Å²) in [6, 6.07) is 0. The SMILES string of the molecule is CCCCN(CCCC)[Si](C)(C)O[SiH3]. The molecule has 0 fully saturated rings. The molecular formula is C10H27NOSi2. The highest BCUT2D eigenvalue weighted by Gasteiger charge is 2.28. The third-order valence-corrected chi connectivity index (χ3v) is 8.79. The van der Waals surface area contributed by atoms with Crippen LogP contribution < -0.4 is 0 Å². The first-order valence-corrected chi connectivity index (χ1v) is 9.55. The molecule has 86 valence electrons. The van der Waals surface area contributed by atoms with Gasteiger partial charge in [-0.2, -0.15) is 0 Å². The molecule has 0 aliphatic rings. The van der Waals surface area contributed by atoms with Crippen molar-refractivity contribution in [1.29, 1.82) is 0 Å². The highest BCUT2D eigenvalue weighted by molar-refractivity contribution is 6.70. The molecular weight excluding hydrogens is 206 g/mol. The Morgan fingerprint density at radius 2 is 1.50 bits per heavy atom. The van der Waals surface area contributed by atoms with Crippen molar-refractivity contribution in [3.05, 3.63) is 0 Å². The van der Waals surface area contributed by atoms with Crippen LogP contribution in [0.2, 0.25) is 13.1 Å². The quantitative estimate of drug-likeness (QED) is 0.594. The van der Waals surface area contributed by atoms with Crippen molar-refractivity contribution in [2.45, 2.75) is 52.6 Å². The normalized spacial score (nSPS) is 12.6. The van der Waals surface area contributed by atoms with Gasteiger partial charge >= 0.3 is 0 Å². The van der Waals surface area contributed by atoms with Crippen LogP contribution in [0.25, 0.3) is 0 Å². The molecule has 0 bridgehead atoms. The fourth-order valence-corrected chi connectivity index (χ4v) is 3.90. The van der Waals surface area contributed by atoms with E-state index in [1.807, 2.05) is 0 Å². The van der Waals surface area contributed by atoms with Crippen LogP contribution in [0.3, 0.4) is 0 Å². The Hall–Kier alpha value is 0.354. The predicted octanol–water partition coefficient (Wildman–Crippen LogP) is 1.89. The molecule has 4 heteroatoms. The molecule has 0 radical (unpaired) electrons. The summed E-state index contributed by atoms with van der Waals surface area (Å²) in [5, 5.41) is 0. The van der Waals surface area contributed by atoms with Gasteiger partial charge in [-0.3, -0.25) is 0 Å². The van der Waals surface area contributed by atoms with Crippen molar-refractivity contribution in [3.63, 3.8) is 0 Å². The Morgan fingerprint density at radius 3 is 1.79 bits per heavy atom. The van der Waals surface area contributed by atoms with E-state index in [-0.39, 0.29) is 0 Å². The van der Waals surface area contributed by atoms with E-state index in [2.05, 4.69) is 31.5 Å². The topological polar surface area (TPSA) is 12.5 Å². The average molecular weight is 234 g/mol. The Kier molecular flexibility index (Phi) is 7.81. The fourth-order valence-electron chi connectivity index (χ4n) is 1.48. The lowest BCUT2D eigenvalue weighted by Gasteiger charge is -2.35. The summed E-state index contributed by atoms with van der Waals surface area (Å²) in [6.45, 7) is 11.6. The number of hydrogen-bond acceptors (Lipinski definition) is 2. The van der Waals surface area contributed by atoms with Crippen molar-refractivity contribution >= 4 is 19.0 Å². The van der Waals surface area contributed by atoms with Crippen LogP contribution in [-0.2, 0) is 4.12 Å². The Morgan fingerprint density at radius 1 is 1.07 bits per heavy atom. The van der Waals surface area contributed by atoms with Gasteiger partial charge in [-0.25, -0.2) is 0 Å². The Balaban J connectivity index is 4.08. The molecule has 0 atom stereocenters. The number of unbranched alkanes of at least 4 members (excludes halogenated alkanes) is 2. The van der Waals surface area contributed by atoms with E-state index in [0.29, 0.717) is 0 Å². The van der Waals surface area contributed by atoms with E-state index in [9.17, 15) is 0 Å². The summed E-state index contributed by atoms with van der Waals surface area (Å²) in [6.07, 6.45) is 5.19. The molecule has 0 aliphatic carbocycles. The zero-order valence-corrected chi connectivity index (χ0v) is 13.6. The molecule has 0 heterocycles. The number of nitrogens with zero attached hydrogens (tertiary/aromatic N) is 1. The highest BCUT2D eigenvalue weighted by Crippen LogP contribution is 2.12. The minimum absolute atomic E-state index is 0.883. The second-order valence-electron chi connectivity index (χ2n) is 4.35. The largest absolute Gasteiger partial charge is 0.453 e. The standard InChI is InChI=1S/C10H27NOSi2/c1-5-7-9-11(10-8-6-2)14(3,4)12-13/h5-10H2,1-4,13H3. The molecule has 14 heavy (non-hydrogen) atoms. The molecule has 0 saturated heterocycles. The maximum absolute atomic E-state index is 5.80. The van der Waals surface area contributed by atoms with E-state index in [1.54, 1.807) is 0 Å². The van der Waals surface area contributed by atoms with E-state index < -0.39 is 8.48 Å². The molecule has 0 rings (SSSR count). The van der Waals surface area contributed by atoms with Crippen LogP contribution in [0.4, 0.5) is 0 Å². The summed E-state index contributed by atoms with van der Waals surface area (Å²) in [4.78, 5) is 0. The van der Waals surface area contributed by atoms with Gasteiger partial charge in [-0.1, -0.05) is 26.7 Å². The summed E-state index contributed by atoms with van der Waals surface area (Å²) in [7, 11) is -0.604. The zero-order valence-electron chi connectivity index (χ0n) is 10.6. The van der Waals surface area contributed by atoms with Crippen molar-refractivity contribution in [2.24, 2.45) is 0 Å². The number of rotatable bonds is 8. The maximum atomic E-state index is 5.80. The molecule has 0 saturated carbocycles. The maximum Gasteiger partial charge on any atom is 0.254 e. The molecule has 0 aromatic rings. The average Bonchev–Trinajstić information content (AvgIpc) is 2.17. The first-order valence-electron chi connectivity index (χ1n) is 5.88. The third-order valence-electron chi connectivity index (χ3n) is 2.82. The fraction of sp³-hybridized carbons (Fsp3) is 1.00. The molecule has 2 nitrogen and oxygen atoms in total. The molecule has 0 aliphatic heterocycles. The lowest BCUT2D eigenvalue weighted by Crippen LogP contribution is -2.51. The van der Waals surface area contributed by atoms with Gasteiger partial charge in [0.1, 0.15) is 10.5 Å². The molecule has 0 unspecified atom stereocenters. The molecule has 0 spiro atoms. The lowest BCUT2D eigenvalue weighted by atomic mass is 10.3. The third kappa shape index (κ3) is 5.29. The molecule has 0 N–H and O–H groups in total. The van der Waals surface area contributed by atoms with Gasteiger partial charge < -0.3 is 8.68 Å². The van der Waals surface area contributed by atoms with Crippen molar-refractivity contribution in [2.75, 3.05) is 13.1 Å². The first kappa shape index (κ1) is 14.4. The van der Waals surface area contributed by atoms with Crippen LogP contribution in [0.15, 0.2) is 0 Å². The van der Waals surface area contributed by atoms with Crippen LogP contribution in [0, 0.1) is 0 Å². The van der Waals surface area contributed by atoms with Gasteiger partial charge in [0, 0.05) is 0 Å². The van der Waals surface area contributed by atoms with E-state index >= 15 is 0 Å². The lowest BCUT2D eigenvalue weighted by molar-refractivity contribution is 0.347. The van der Waals surface area contributed by atoms with E-state index in [0.717, 1.165) is 10.5 Å². The summed E-state index contributed by atoms with van der Waals surface area (Å²) in [5.74, 6) is 0. The molecule has 0 aromatic carbocycles. The van der Waals surface area contributed by atoms with Gasteiger partial charge in [0.15, 0.2) is 0 Å². The summed E-state index contributed by atoms with van der Waals surface area (Å²) >= 11 is 0. The van der Waals surface area contributed by atoms with Crippen molar-refractivity contribution < 1.29 is 4.12 Å². The minimum atomic E-state index is -1.49. The Labute approximate surface area is 93.8 Å². The van der Waals surface area contributed by atoms with Crippen molar-refractivity contribution in [1.82, 2.24) is 4.57 Å². The smallest absolute Gasteiger partial charge is 0.254 e. The monoisotopic (exact) mass is 233 g/mol. The molecule has 0 aromatic heterocycles. The number of hydrogen-bond donors (Lipinski definition) is 0. The van der Waals surface area contributed by atoms with Crippen LogP contribution in [0.5, 0.6) is 0 Å². The van der Waals surface area contributed by atoms with Crippen LogP contribution in [-0.4, -0.2) is 36.6 Å².